The van der Waals surface area contributed by atoms with Crippen molar-refractivity contribution in [3.8, 4) is 0 Å². The number of halogens is 1. The minimum atomic E-state index is -0.127. The molecule has 0 saturated heterocycles. The second-order valence-corrected chi connectivity index (χ2v) is 5.19. The van der Waals surface area contributed by atoms with Crippen LogP contribution < -0.4 is 0 Å². The molecule has 2 aromatic heterocycles. The van der Waals surface area contributed by atoms with Gasteiger partial charge in [0.1, 0.15) is 5.69 Å². The molecule has 0 aliphatic rings. The van der Waals surface area contributed by atoms with E-state index in [1.54, 1.807) is 11.7 Å². The Labute approximate surface area is 126 Å². The minimum absolute atomic E-state index is 0.127. The van der Waals surface area contributed by atoms with E-state index in [-0.39, 0.29) is 12.2 Å². The van der Waals surface area contributed by atoms with Crippen LogP contribution in [0.15, 0.2) is 30.5 Å². The standard InChI is InChI=1S/C15H13ClN4O/c1-9-15(16)13(20(2)19-9)7-14(21)12-8-17-10-5-3-4-6-11(10)18-12/h3-6,8H,7H2,1-2H3. The molecule has 106 valence electrons. The predicted molar refractivity (Wildman–Crippen MR) is 80.5 cm³/mol. The topological polar surface area (TPSA) is 60.7 Å². The number of nitrogens with zero attached hydrogens (tertiary/aromatic N) is 4. The molecule has 0 unspecified atom stereocenters. The van der Waals surface area contributed by atoms with Gasteiger partial charge in [-0.15, -0.1) is 0 Å². The van der Waals surface area contributed by atoms with Crippen LogP contribution in [0.2, 0.25) is 5.02 Å². The molecule has 0 aliphatic carbocycles. The number of benzene rings is 1. The van der Waals surface area contributed by atoms with E-state index in [1.165, 1.54) is 6.20 Å². The van der Waals surface area contributed by atoms with Crippen LogP contribution in [0, 0.1) is 6.92 Å². The van der Waals surface area contributed by atoms with Gasteiger partial charge >= 0.3 is 0 Å². The third-order valence-electron chi connectivity index (χ3n) is 3.32. The summed E-state index contributed by atoms with van der Waals surface area (Å²) >= 11 is 6.17. The molecular weight excluding hydrogens is 288 g/mol. The lowest BCUT2D eigenvalue weighted by atomic mass is 10.1. The van der Waals surface area contributed by atoms with Crippen LogP contribution >= 0.6 is 11.6 Å². The number of aryl methyl sites for hydroxylation is 2. The van der Waals surface area contributed by atoms with E-state index >= 15 is 0 Å². The van der Waals surface area contributed by atoms with Crippen molar-refractivity contribution < 1.29 is 4.79 Å². The smallest absolute Gasteiger partial charge is 0.188 e. The molecule has 1 aromatic carbocycles. The maximum absolute atomic E-state index is 12.4. The molecule has 2 heterocycles. The van der Waals surface area contributed by atoms with E-state index in [2.05, 4.69) is 15.1 Å². The third-order valence-corrected chi connectivity index (χ3v) is 3.82. The van der Waals surface area contributed by atoms with Crippen LogP contribution in [0.1, 0.15) is 21.9 Å². The zero-order valence-electron chi connectivity index (χ0n) is 11.7. The highest BCUT2D eigenvalue weighted by molar-refractivity contribution is 6.32. The summed E-state index contributed by atoms with van der Waals surface area (Å²) < 4.78 is 1.63. The third kappa shape index (κ3) is 2.52. The fraction of sp³-hybridized carbons (Fsp3) is 0.200. The molecule has 0 N–H and O–H groups in total. The molecule has 0 bridgehead atoms. The highest BCUT2D eigenvalue weighted by Gasteiger charge is 2.17. The fourth-order valence-corrected chi connectivity index (χ4v) is 2.43. The van der Waals surface area contributed by atoms with Gasteiger partial charge in [-0.3, -0.25) is 14.5 Å². The first-order valence-corrected chi connectivity index (χ1v) is 6.87. The first kappa shape index (κ1) is 13.7. The molecule has 0 radical (unpaired) electrons. The van der Waals surface area contributed by atoms with Gasteiger partial charge in [0.2, 0.25) is 0 Å². The lowest BCUT2D eigenvalue weighted by Crippen LogP contribution is -2.10. The molecule has 5 nitrogen and oxygen atoms in total. The number of hydrogen-bond donors (Lipinski definition) is 0. The van der Waals surface area contributed by atoms with Crippen LogP contribution in [0.25, 0.3) is 11.0 Å². The Hall–Kier alpha value is -2.27. The molecular formula is C15H13ClN4O. The van der Waals surface area contributed by atoms with E-state index in [4.69, 9.17) is 11.6 Å². The number of rotatable bonds is 3. The maximum Gasteiger partial charge on any atom is 0.188 e. The summed E-state index contributed by atoms with van der Waals surface area (Å²) in [5.41, 5.74) is 3.21. The Kier molecular flexibility index (Phi) is 3.43. The van der Waals surface area contributed by atoms with Gasteiger partial charge in [0.15, 0.2) is 5.78 Å². The molecule has 0 atom stereocenters. The molecule has 0 amide bonds. The maximum atomic E-state index is 12.4. The number of hydrogen-bond acceptors (Lipinski definition) is 4. The summed E-state index contributed by atoms with van der Waals surface area (Å²) in [7, 11) is 1.77. The molecule has 6 heteroatoms. The highest BCUT2D eigenvalue weighted by atomic mass is 35.5. The van der Waals surface area contributed by atoms with E-state index in [0.29, 0.717) is 27.6 Å². The molecule has 0 saturated carbocycles. The number of carbonyl (C=O) groups is 1. The summed E-state index contributed by atoms with van der Waals surface area (Å²) in [6.45, 7) is 1.81. The molecule has 21 heavy (non-hydrogen) atoms. The summed E-state index contributed by atoms with van der Waals surface area (Å²) in [6, 6.07) is 7.45. The summed E-state index contributed by atoms with van der Waals surface area (Å²) in [6.07, 6.45) is 1.66. The van der Waals surface area contributed by atoms with Gasteiger partial charge in [-0.05, 0) is 19.1 Å². The van der Waals surface area contributed by atoms with E-state index in [0.717, 1.165) is 5.52 Å². The van der Waals surface area contributed by atoms with Gasteiger partial charge in [0.25, 0.3) is 0 Å². The molecule has 0 aliphatic heterocycles. The lowest BCUT2D eigenvalue weighted by molar-refractivity contribution is 0.0986. The fourth-order valence-electron chi connectivity index (χ4n) is 2.21. The predicted octanol–water partition coefficient (Wildman–Crippen LogP) is 2.75. The Morgan fingerprint density at radius 1 is 1.29 bits per heavy atom. The summed E-state index contributed by atoms with van der Waals surface area (Å²) in [5, 5.41) is 4.73. The Bertz CT molecular complexity index is 841. The van der Waals surface area contributed by atoms with Crippen molar-refractivity contribution in [2.75, 3.05) is 0 Å². The Morgan fingerprint density at radius 3 is 2.67 bits per heavy atom. The van der Waals surface area contributed by atoms with Gasteiger partial charge in [-0.25, -0.2) is 4.98 Å². The molecule has 0 fully saturated rings. The van der Waals surface area contributed by atoms with Crippen LogP contribution in [0.4, 0.5) is 0 Å². The van der Waals surface area contributed by atoms with Gasteiger partial charge < -0.3 is 0 Å². The monoisotopic (exact) mass is 300 g/mol. The average molecular weight is 301 g/mol. The Morgan fingerprint density at radius 2 is 2.00 bits per heavy atom. The SMILES string of the molecule is Cc1nn(C)c(CC(=O)c2cnc3ccccc3n2)c1Cl. The summed E-state index contributed by atoms with van der Waals surface area (Å²) in [5.74, 6) is -0.127. The quantitative estimate of drug-likeness (QED) is 0.698. The van der Waals surface area contributed by atoms with Crippen molar-refractivity contribution in [2.24, 2.45) is 7.05 Å². The zero-order chi connectivity index (χ0) is 15.0. The second-order valence-electron chi connectivity index (χ2n) is 4.81. The van der Waals surface area contributed by atoms with Crippen molar-refractivity contribution in [1.29, 1.82) is 0 Å². The largest absolute Gasteiger partial charge is 0.292 e. The number of fused-ring (bicyclic) bond motifs is 1. The first-order chi connectivity index (χ1) is 10.1. The van der Waals surface area contributed by atoms with Crippen LogP contribution in [0.3, 0.4) is 0 Å². The van der Waals surface area contributed by atoms with Gasteiger partial charge in [-0.2, -0.15) is 5.10 Å². The van der Waals surface area contributed by atoms with E-state index < -0.39 is 0 Å². The average Bonchev–Trinajstić information content (AvgIpc) is 2.73. The van der Waals surface area contributed by atoms with E-state index in [9.17, 15) is 4.79 Å². The van der Waals surface area contributed by atoms with E-state index in [1.807, 2.05) is 31.2 Å². The van der Waals surface area contributed by atoms with Gasteiger partial charge in [-0.1, -0.05) is 23.7 Å². The number of carbonyl (C=O) groups excluding carboxylic acids is 1. The minimum Gasteiger partial charge on any atom is -0.292 e. The number of ketones is 1. The van der Waals surface area contributed by atoms with Crippen molar-refractivity contribution >= 4 is 28.4 Å². The molecule has 0 spiro atoms. The van der Waals surface area contributed by atoms with Gasteiger partial charge in [0.05, 0.1) is 40.1 Å². The summed E-state index contributed by atoms with van der Waals surface area (Å²) in [4.78, 5) is 21.0. The van der Waals surface area contributed by atoms with Crippen LogP contribution in [-0.4, -0.2) is 25.5 Å². The second kappa shape index (κ2) is 5.26. The van der Waals surface area contributed by atoms with Crippen molar-refractivity contribution in [3.05, 3.63) is 52.6 Å². The zero-order valence-corrected chi connectivity index (χ0v) is 12.4. The lowest BCUT2D eigenvalue weighted by Gasteiger charge is -2.03. The first-order valence-electron chi connectivity index (χ1n) is 6.49. The Balaban J connectivity index is 1.93. The van der Waals surface area contributed by atoms with Crippen molar-refractivity contribution in [1.82, 2.24) is 19.7 Å². The highest BCUT2D eigenvalue weighted by Crippen LogP contribution is 2.21. The van der Waals surface area contributed by atoms with Crippen LogP contribution in [0.5, 0.6) is 0 Å². The number of Topliss-reactive ketones (excluding diaryl/α,β-unsaturated/α-hetero) is 1. The van der Waals surface area contributed by atoms with Crippen molar-refractivity contribution in [2.45, 2.75) is 13.3 Å². The normalized spacial score (nSPS) is 11.0. The molecule has 3 aromatic rings. The van der Waals surface area contributed by atoms with Gasteiger partial charge in [0, 0.05) is 7.05 Å². The number of aromatic nitrogens is 4. The number of para-hydroxylation sites is 2. The van der Waals surface area contributed by atoms with Crippen LogP contribution in [-0.2, 0) is 13.5 Å². The van der Waals surface area contributed by atoms with Crippen molar-refractivity contribution in [3.63, 3.8) is 0 Å². The molecule has 3 rings (SSSR count).